The largest absolute Gasteiger partial charge is 0.486 e. The number of rotatable bonds is 1. The van der Waals surface area contributed by atoms with Gasteiger partial charge in [0.15, 0.2) is 11.5 Å². The summed E-state index contributed by atoms with van der Waals surface area (Å²) in [5.41, 5.74) is 2.44. The molecular formula is C13H16BrNO2. The summed E-state index contributed by atoms with van der Waals surface area (Å²) >= 11 is 3.69. The van der Waals surface area contributed by atoms with Gasteiger partial charge in [-0.15, -0.1) is 0 Å². The van der Waals surface area contributed by atoms with E-state index in [4.69, 9.17) is 9.47 Å². The SMILES string of the molecule is Cc1c(Br)c(C2CCCN2)cc2c1OCCO2. The van der Waals surface area contributed by atoms with E-state index in [9.17, 15) is 0 Å². The fourth-order valence-electron chi connectivity index (χ4n) is 2.56. The highest BCUT2D eigenvalue weighted by Crippen LogP contribution is 2.43. The van der Waals surface area contributed by atoms with Gasteiger partial charge in [0.2, 0.25) is 0 Å². The van der Waals surface area contributed by atoms with Crippen molar-refractivity contribution in [3.8, 4) is 11.5 Å². The fourth-order valence-corrected chi connectivity index (χ4v) is 3.13. The third kappa shape index (κ3) is 1.93. The molecule has 0 aromatic heterocycles. The summed E-state index contributed by atoms with van der Waals surface area (Å²) in [7, 11) is 0. The molecule has 2 heterocycles. The van der Waals surface area contributed by atoms with Crippen molar-refractivity contribution >= 4 is 15.9 Å². The van der Waals surface area contributed by atoms with Crippen molar-refractivity contribution in [3.63, 3.8) is 0 Å². The van der Waals surface area contributed by atoms with Crippen LogP contribution in [0, 0.1) is 6.92 Å². The number of ether oxygens (including phenoxy) is 2. The van der Waals surface area contributed by atoms with E-state index in [0.717, 1.165) is 28.1 Å². The van der Waals surface area contributed by atoms with Crippen molar-refractivity contribution in [3.05, 3.63) is 21.7 Å². The van der Waals surface area contributed by atoms with Crippen LogP contribution in [0.4, 0.5) is 0 Å². The Morgan fingerprint density at radius 2 is 2.18 bits per heavy atom. The molecule has 1 atom stereocenters. The van der Waals surface area contributed by atoms with E-state index >= 15 is 0 Å². The Bertz CT molecular complexity index is 442. The Hall–Kier alpha value is -0.740. The molecule has 0 saturated carbocycles. The molecule has 0 spiro atoms. The maximum atomic E-state index is 5.69. The minimum absolute atomic E-state index is 0.443. The van der Waals surface area contributed by atoms with Crippen LogP contribution in [0.15, 0.2) is 10.5 Å². The molecule has 0 radical (unpaired) electrons. The number of hydrogen-bond donors (Lipinski definition) is 1. The number of hydrogen-bond acceptors (Lipinski definition) is 3. The topological polar surface area (TPSA) is 30.5 Å². The summed E-state index contributed by atoms with van der Waals surface area (Å²) in [5, 5.41) is 3.52. The maximum absolute atomic E-state index is 5.69. The third-order valence-corrected chi connectivity index (χ3v) is 4.51. The predicted molar refractivity (Wildman–Crippen MR) is 69.8 cm³/mol. The second kappa shape index (κ2) is 4.50. The molecule has 3 rings (SSSR count). The number of benzene rings is 1. The molecule has 1 fully saturated rings. The summed E-state index contributed by atoms with van der Waals surface area (Å²) < 4.78 is 12.5. The molecule has 0 amide bonds. The van der Waals surface area contributed by atoms with E-state index in [2.05, 4.69) is 34.2 Å². The lowest BCUT2D eigenvalue weighted by molar-refractivity contribution is 0.170. The first-order valence-corrected chi connectivity index (χ1v) is 6.88. The average Bonchev–Trinajstić information content (AvgIpc) is 2.87. The van der Waals surface area contributed by atoms with E-state index in [1.165, 1.54) is 18.4 Å². The molecule has 0 bridgehead atoms. The Morgan fingerprint density at radius 3 is 2.94 bits per heavy atom. The van der Waals surface area contributed by atoms with Crippen molar-refractivity contribution in [2.24, 2.45) is 0 Å². The summed E-state index contributed by atoms with van der Waals surface area (Å²) in [6, 6.07) is 2.56. The van der Waals surface area contributed by atoms with E-state index in [-0.39, 0.29) is 0 Å². The zero-order chi connectivity index (χ0) is 11.8. The summed E-state index contributed by atoms with van der Waals surface area (Å²) in [5.74, 6) is 1.78. The van der Waals surface area contributed by atoms with E-state index < -0.39 is 0 Å². The van der Waals surface area contributed by atoms with Crippen LogP contribution in [0.1, 0.15) is 30.0 Å². The van der Waals surface area contributed by atoms with Gasteiger partial charge in [0.1, 0.15) is 13.2 Å². The zero-order valence-corrected chi connectivity index (χ0v) is 11.5. The first-order valence-electron chi connectivity index (χ1n) is 6.09. The van der Waals surface area contributed by atoms with Gasteiger partial charge in [-0.05, 0) is 37.9 Å². The van der Waals surface area contributed by atoms with E-state index in [1.807, 2.05) is 0 Å². The van der Waals surface area contributed by atoms with E-state index in [1.54, 1.807) is 0 Å². The van der Waals surface area contributed by atoms with Crippen LogP contribution in [0.3, 0.4) is 0 Å². The van der Waals surface area contributed by atoms with Crippen LogP contribution in [0.2, 0.25) is 0 Å². The number of nitrogens with one attached hydrogen (secondary N) is 1. The molecule has 2 aliphatic rings. The van der Waals surface area contributed by atoms with Gasteiger partial charge in [-0.2, -0.15) is 0 Å². The smallest absolute Gasteiger partial charge is 0.165 e. The molecule has 1 aromatic carbocycles. The third-order valence-electron chi connectivity index (χ3n) is 3.46. The molecule has 4 heteroatoms. The molecule has 1 saturated heterocycles. The summed E-state index contributed by atoms with van der Waals surface area (Å²) in [6.45, 7) is 4.47. The van der Waals surface area contributed by atoms with Crippen molar-refractivity contribution in [2.75, 3.05) is 19.8 Å². The second-order valence-corrected chi connectivity index (χ2v) is 5.37. The van der Waals surface area contributed by atoms with Crippen LogP contribution in [-0.4, -0.2) is 19.8 Å². The lowest BCUT2D eigenvalue weighted by Gasteiger charge is -2.24. The van der Waals surface area contributed by atoms with Gasteiger partial charge in [0.25, 0.3) is 0 Å². The molecule has 92 valence electrons. The van der Waals surface area contributed by atoms with Crippen LogP contribution in [-0.2, 0) is 0 Å². The Balaban J connectivity index is 2.06. The van der Waals surface area contributed by atoms with Gasteiger partial charge in [-0.3, -0.25) is 0 Å². The Labute approximate surface area is 110 Å². The lowest BCUT2D eigenvalue weighted by atomic mass is 10.0. The molecule has 1 N–H and O–H groups in total. The molecule has 0 aliphatic carbocycles. The van der Waals surface area contributed by atoms with Crippen molar-refractivity contribution in [1.82, 2.24) is 5.32 Å². The van der Waals surface area contributed by atoms with Gasteiger partial charge in [0, 0.05) is 16.1 Å². The fraction of sp³-hybridized carbons (Fsp3) is 0.538. The molecule has 2 aliphatic heterocycles. The number of fused-ring (bicyclic) bond motifs is 1. The molecule has 1 aromatic rings. The average molecular weight is 298 g/mol. The quantitative estimate of drug-likeness (QED) is 0.864. The first-order chi connectivity index (χ1) is 8.27. The minimum Gasteiger partial charge on any atom is -0.486 e. The van der Waals surface area contributed by atoms with E-state index in [0.29, 0.717) is 19.3 Å². The second-order valence-electron chi connectivity index (χ2n) is 4.58. The normalized spacial score (nSPS) is 22.8. The zero-order valence-electron chi connectivity index (χ0n) is 9.88. The highest BCUT2D eigenvalue weighted by molar-refractivity contribution is 9.10. The summed E-state index contributed by atoms with van der Waals surface area (Å²) in [6.07, 6.45) is 2.43. The van der Waals surface area contributed by atoms with Gasteiger partial charge in [0.05, 0.1) is 0 Å². The highest BCUT2D eigenvalue weighted by atomic mass is 79.9. The van der Waals surface area contributed by atoms with Crippen molar-refractivity contribution < 1.29 is 9.47 Å². The monoisotopic (exact) mass is 297 g/mol. The Morgan fingerprint density at radius 1 is 1.35 bits per heavy atom. The minimum atomic E-state index is 0.443. The molecule has 1 unspecified atom stereocenters. The van der Waals surface area contributed by atoms with Crippen molar-refractivity contribution in [2.45, 2.75) is 25.8 Å². The maximum Gasteiger partial charge on any atom is 0.165 e. The molecule has 3 nitrogen and oxygen atoms in total. The molecular weight excluding hydrogens is 282 g/mol. The van der Waals surface area contributed by atoms with Crippen LogP contribution in [0.25, 0.3) is 0 Å². The summed E-state index contributed by atoms with van der Waals surface area (Å²) in [4.78, 5) is 0. The van der Waals surface area contributed by atoms with Gasteiger partial charge in [-0.1, -0.05) is 15.9 Å². The highest BCUT2D eigenvalue weighted by Gasteiger charge is 2.25. The standard InChI is InChI=1S/C13H16BrNO2/c1-8-12(14)9(10-3-2-4-15-10)7-11-13(8)17-6-5-16-11/h7,10,15H,2-6H2,1H3. The van der Waals surface area contributed by atoms with Crippen LogP contribution >= 0.6 is 15.9 Å². The molecule has 17 heavy (non-hydrogen) atoms. The van der Waals surface area contributed by atoms with Gasteiger partial charge in [-0.25, -0.2) is 0 Å². The Kier molecular flexibility index (Phi) is 3.01. The van der Waals surface area contributed by atoms with Crippen LogP contribution in [0.5, 0.6) is 11.5 Å². The van der Waals surface area contributed by atoms with Crippen molar-refractivity contribution in [1.29, 1.82) is 0 Å². The van der Waals surface area contributed by atoms with Gasteiger partial charge < -0.3 is 14.8 Å². The first kappa shape index (κ1) is 11.4. The van der Waals surface area contributed by atoms with Crippen LogP contribution < -0.4 is 14.8 Å². The number of halogens is 1. The lowest BCUT2D eigenvalue weighted by Crippen LogP contribution is -2.19. The predicted octanol–water partition coefficient (Wildman–Crippen LogP) is 2.95. The van der Waals surface area contributed by atoms with Gasteiger partial charge >= 0.3 is 0 Å².